The van der Waals surface area contributed by atoms with Gasteiger partial charge in [-0.15, -0.1) is 0 Å². The molecule has 4 rings (SSSR count). The van der Waals surface area contributed by atoms with Crippen LogP contribution in [0.25, 0.3) is 21.9 Å². The lowest BCUT2D eigenvalue weighted by molar-refractivity contribution is 0.410. The highest BCUT2D eigenvalue weighted by atomic mass is 35.5. The maximum Gasteiger partial charge on any atom is 0.153 e. The summed E-state index contributed by atoms with van der Waals surface area (Å²) >= 11 is 6.11. The number of fused-ring (bicyclic) bond motifs is 3. The van der Waals surface area contributed by atoms with E-state index in [1.165, 1.54) is 0 Å². The minimum Gasteiger partial charge on any atom is -0.496 e. The highest BCUT2D eigenvalue weighted by Crippen LogP contribution is 2.29. The summed E-state index contributed by atoms with van der Waals surface area (Å²) in [6.45, 7) is 0.739. The molecule has 0 saturated carbocycles. The van der Waals surface area contributed by atoms with E-state index in [0.29, 0.717) is 5.02 Å². The van der Waals surface area contributed by atoms with Crippen molar-refractivity contribution in [3.8, 4) is 5.75 Å². The molecule has 126 valence electrons. The first-order valence-electron chi connectivity index (χ1n) is 8.04. The second kappa shape index (κ2) is 6.61. The van der Waals surface area contributed by atoms with Gasteiger partial charge in [-0.1, -0.05) is 29.8 Å². The fourth-order valence-electron chi connectivity index (χ4n) is 3.02. The number of nitrogens with one attached hydrogen (secondary N) is 2. The number of aromatic nitrogens is 3. The van der Waals surface area contributed by atoms with Crippen molar-refractivity contribution in [3.05, 3.63) is 59.4 Å². The maximum absolute atomic E-state index is 6.11. The number of anilines is 1. The first-order valence-corrected chi connectivity index (χ1v) is 8.42. The monoisotopic (exact) mass is 352 g/mol. The summed E-state index contributed by atoms with van der Waals surface area (Å²) in [7, 11) is 1.69. The van der Waals surface area contributed by atoms with E-state index in [1.807, 2.05) is 36.4 Å². The number of hydrogen-bond donors (Lipinski definition) is 2. The lowest BCUT2D eigenvalue weighted by Gasteiger charge is -2.09. The number of aromatic amines is 1. The molecule has 0 unspecified atom stereocenters. The summed E-state index contributed by atoms with van der Waals surface area (Å²) < 4.78 is 5.40. The molecule has 0 amide bonds. The predicted octanol–water partition coefficient (Wildman–Crippen LogP) is 4.43. The topological polar surface area (TPSA) is 62.8 Å². The molecule has 0 saturated heterocycles. The Morgan fingerprint density at radius 2 is 2.04 bits per heavy atom. The van der Waals surface area contributed by atoms with Crippen LogP contribution < -0.4 is 10.1 Å². The normalized spacial score (nSPS) is 11.1. The van der Waals surface area contributed by atoms with E-state index in [1.54, 1.807) is 13.4 Å². The van der Waals surface area contributed by atoms with E-state index in [-0.39, 0.29) is 0 Å². The molecule has 2 aromatic carbocycles. The van der Waals surface area contributed by atoms with Crippen LogP contribution in [-0.4, -0.2) is 28.6 Å². The summed E-state index contributed by atoms with van der Waals surface area (Å²) in [5.41, 5.74) is 3.91. The number of para-hydroxylation sites is 1. The lowest BCUT2D eigenvalue weighted by atomic mass is 10.1. The van der Waals surface area contributed by atoms with Crippen molar-refractivity contribution < 1.29 is 4.74 Å². The van der Waals surface area contributed by atoms with Crippen LogP contribution in [0, 0.1) is 0 Å². The SMILES string of the molecule is COc1ccccc1CCNc1ncnc2c1[nH]c1ccc(Cl)cc12. The molecule has 2 N–H and O–H groups in total. The van der Waals surface area contributed by atoms with Crippen molar-refractivity contribution in [2.75, 3.05) is 19.0 Å². The number of rotatable bonds is 5. The highest BCUT2D eigenvalue weighted by molar-refractivity contribution is 6.31. The molecular formula is C19H17ClN4O. The van der Waals surface area contributed by atoms with Gasteiger partial charge < -0.3 is 15.0 Å². The zero-order valence-corrected chi connectivity index (χ0v) is 14.5. The minimum absolute atomic E-state index is 0.692. The van der Waals surface area contributed by atoms with Crippen LogP contribution in [0.5, 0.6) is 5.75 Å². The third-order valence-electron chi connectivity index (χ3n) is 4.22. The van der Waals surface area contributed by atoms with Gasteiger partial charge in [0.2, 0.25) is 0 Å². The van der Waals surface area contributed by atoms with Gasteiger partial charge in [-0.2, -0.15) is 0 Å². The highest BCUT2D eigenvalue weighted by Gasteiger charge is 2.11. The number of halogens is 1. The standard InChI is InChI=1S/C19H17ClN4O/c1-25-16-5-3-2-4-12(16)8-9-21-19-18-17(22-11-23-19)14-10-13(20)6-7-15(14)24-18/h2-7,10-11,24H,8-9H2,1H3,(H,21,22,23). The number of methoxy groups -OCH3 is 1. The average molecular weight is 353 g/mol. The van der Waals surface area contributed by atoms with Crippen molar-refractivity contribution in [1.82, 2.24) is 15.0 Å². The van der Waals surface area contributed by atoms with Crippen LogP contribution in [0.15, 0.2) is 48.8 Å². The molecule has 0 radical (unpaired) electrons. The van der Waals surface area contributed by atoms with Gasteiger partial charge in [0, 0.05) is 22.5 Å². The van der Waals surface area contributed by atoms with Gasteiger partial charge in [0.25, 0.3) is 0 Å². The maximum atomic E-state index is 6.11. The van der Waals surface area contributed by atoms with Crippen LogP contribution in [0.1, 0.15) is 5.56 Å². The smallest absolute Gasteiger partial charge is 0.153 e. The number of benzene rings is 2. The van der Waals surface area contributed by atoms with Gasteiger partial charge in [0.1, 0.15) is 23.1 Å². The second-order valence-corrected chi connectivity index (χ2v) is 6.19. The third-order valence-corrected chi connectivity index (χ3v) is 4.46. The van der Waals surface area contributed by atoms with Gasteiger partial charge in [-0.25, -0.2) is 9.97 Å². The molecule has 2 aromatic heterocycles. The second-order valence-electron chi connectivity index (χ2n) is 5.75. The fraction of sp³-hybridized carbons (Fsp3) is 0.158. The molecule has 5 nitrogen and oxygen atoms in total. The summed E-state index contributed by atoms with van der Waals surface area (Å²) in [6.07, 6.45) is 2.41. The molecule has 0 aliphatic heterocycles. The lowest BCUT2D eigenvalue weighted by Crippen LogP contribution is -2.07. The number of ether oxygens (including phenoxy) is 1. The summed E-state index contributed by atoms with van der Waals surface area (Å²) in [6, 6.07) is 13.8. The molecule has 25 heavy (non-hydrogen) atoms. The van der Waals surface area contributed by atoms with Gasteiger partial charge >= 0.3 is 0 Å². The molecule has 6 heteroatoms. The summed E-state index contributed by atoms with van der Waals surface area (Å²) in [5, 5.41) is 5.08. The van der Waals surface area contributed by atoms with Crippen molar-refractivity contribution in [2.45, 2.75) is 6.42 Å². The number of nitrogens with zero attached hydrogens (tertiary/aromatic N) is 2. The zero-order valence-electron chi connectivity index (χ0n) is 13.7. The first-order chi connectivity index (χ1) is 12.3. The third kappa shape index (κ3) is 2.98. The Morgan fingerprint density at radius 1 is 1.16 bits per heavy atom. The van der Waals surface area contributed by atoms with Crippen LogP contribution in [0.3, 0.4) is 0 Å². The molecule has 0 bridgehead atoms. The van der Waals surface area contributed by atoms with Crippen LogP contribution in [-0.2, 0) is 6.42 Å². The fourth-order valence-corrected chi connectivity index (χ4v) is 3.20. The molecule has 0 spiro atoms. The Hall–Kier alpha value is -2.79. The molecule has 0 fully saturated rings. The van der Waals surface area contributed by atoms with Gasteiger partial charge in [-0.05, 0) is 36.2 Å². The molecule has 0 atom stereocenters. The Bertz CT molecular complexity index is 1040. The van der Waals surface area contributed by atoms with Gasteiger partial charge in [-0.3, -0.25) is 0 Å². The quantitative estimate of drug-likeness (QED) is 0.558. The van der Waals surface area contributed by atoms with Crippen LogP contribution in [0.2, 0.25) is 5.02 Å². The predicted molar refractivity (Wildman–Crippen MR) is 102 cm³/mol. The van der Waals surface area contributed by atoms with E-state index in [2.05, 4.69) is 26.3 Å². The van der Waals surface area contributed by atoms with Gasteiger partial charge in [0.05, 0.1) is 7.11 Å². The summed E-state index contributed by atoms with van der Waals surface area (Å²) in [5.74, 6) is 1.68. The molecule has 2 heterocycles. The Labute approximate surface area is 150 Å². The molecular weight excluding hydrogens is 336 g/mol. The van der Waals surface area contributed by atoms with Crippen molar-refractivity contribution in [1.29, 1.82) is 0 Å². The number of H-pyrrole nitrogens is 1. The van der Waals surface area contributed by atoms with E-state index in [0.717, 1.165) is 52.0 Å². The van der Waals surface area contributed by atoms with E-state index < -0.39 is 0 Å². The Kier molecular flexibility index (Phi) is 4.15. The average Bonchev–Trinajstić information content (AvgIpc) is 3.01. The van der Waals surface area contributed by atoms with Crippen LogP contribution >= 0.6 is 11.6 Å². The van der Waals surface area contributed by atoms with E-state index in [9.17, 15) is 0 Å². The zero-order chi connectivity index (χ0) is 17.2. The van der Waals surface area contributed by atoms with E-state index in [4.69, 9.17) is 16.3 Å². The summed E-state index contributed by atoms with van der Waals surface area (Å²) in [4.78, 5) is 12.2. The largest absolute Gasteiger partial charge is 0.496 e. The van der Waals surface area contributed by atoms with E-state index >= 15 is 0 Å². The van der Waals surface area contributed by atoms with Crippen molar-refractivity contribution >= 4 is 39.4 Å². The molecule has 0 aliphatic rings. The first kappa shape index (κ1) is 15.7. The van der Waals surface area contributed by atoms with Crippen molar-refractivity contribution in [3.63, 3.8) is 0 Å². The van der Waals surface area contributed by atoms with Crippen molar-refractivity contribution in [2.24, 2.45) is 0 Å². The molecule has 0 aliphatic carbocycles. The van der Waals surface area contributed by atoms with Crippen LogP contribution in [0.4, 0.5) is 5.82 Å². The van der Waals surface area contributed by atoms with Gasteiger partial charge in [0.15, 0.2) is 5.82 Å². The molecule has 4 aromatic rings. The Balaban J connectivity index is 1.60. The number of hydrogen-bond acceptors (Lipinski definition) is 4. The Morgan fingerprint density at radius 3 is 2.92 bits per heavy atom. The minimum atomic E-state index is 0.692.